The highest BCUT2D eigenvalue weighted by Crippen LogP contribution is 1.89. The van der Waals surface area contributed by atoms with E-state index in [4.69, 9.17) is 15.2 Å². The van der Waals surface area contributed by atoms with Crippen LogP contribution in [0.3, 0.4) is 0 Å². The number of carbonyl (C=O) groups excluding carboxylic acids is 1. The van der Waals surface area contributed by atoms with Crippen LogP contribution in [0.5, 0.6) is 0 Å². The van der Waals surface area contributed by atoms with E-state index in [0.29, 0.717) is 26.4 Å². The normalized spacial score (nSPS) is 12.5. The Labute approximate surface area is 91.3 Å². The molecule has 0 aromatic heterocycles. The van der Waals surface area contributed by atoms with Crippen molar-refractivity contribution in [1.29, 1.82) is 0 Å². The largest absolute Gasteiger partial charge is 0.382 e. The number of hydrogen-bond acceptors (Lipinski definition) is 4. The van der Waals surface area contributed by atoms with E-state index in [0.717, 1.165) is 12.8 Å². The van der Waals surface area contributed by atoms with Gasteiger partial charge in [0.1, 0.15) is 0 Å². The van der Waals surface area contributed by atoms with Gasteiger partial charge in [0.05, 0.1) is 19.3 Å². The summed E-state index contributed by atoms with van der Waals surface area (Å²) in [5.41, 5.74) is 5.38. The summed E-state index contributed by atoms with van der Waals surface area (Å²) in [6.45, 7) is 4.29. The molecule has 0 heterocycles. The molecule has 0 aliphatic rings. The molecule has 1 amide bonds. The molecule has 0 aliphatic carbocycles. The Balaban J connectivity index is 3.08. The first-order valence-electron chi connectivity index (χ1n) is 5.28. The monoisotopic (exact) mass is 218 g/mol. The molecule has 0 unspecified atom stereocenters. The smallest absolute Gasteiger partial charge is 0.236 e. The lowest BCUT2D eigenvalue weighted by molar-refractivity contribution is -0.121. The molecular formula is C10H22N2O3. The number of unbranched alkanes of at least 4 members (excludes halogenated alkanes) is 1. The molecule has 0 aliphatic heterocycles. The van der Waals surface area contributed by atoms with Gasteiger partial charge >= 0.3 is 0 Å². The maximum atomic E-state index is 11.0. The zero-order valence-electron chi connectivity index (χ0n) is 9.62. The first-order chi connectivity index (χ1) is 7.18. The highest BCUT2D eigenvalue weighted by atomic mass is 16.5. The summed E-state index contributed by atoms with van der Waals surface area (Å²) < 4.78 is 10.1. The molecule has 0 aromatic rings. The molecule has 0 radical (unpaired) electrons. The van der Waals surface area contributed by atoms with Crippen LogP contribution < -0.4 is 11.1 Å². The lowest BCUT2D eigenvalue weighted by atomic mass is 10.3. The number of ether oxygens (including phenoxy) is 2. The summed E-state index contributed by atoms with van der Waals surface area (Å²) in [6, 6.07) is -0.428. The zero-order valence-corrected chi connectivity index (χ0v) is 9.62. The van der Waals surface area contributed by atoms with Crippen molar-refractivity contribution < 1.29 is 14.3 Å². The molecule has 90 valence electrons. The van der Waals surface area contributed by atoms with E-state index in [2.05, 4.69) is 5.32 Å². The Kier molecular flexibility index (Phi) is 9.46. The Morgan fingerprint density at radius 1 is 1.33 bits per heavy atom. The minimum absolute atomic E-state index is 0.102. The Morgan fingerprint density at radius 3 is 2.67 bits per heavy atom. The summed E-state index contributed by atoms with van der Waals surface area (Å²) in [5, 5.41) is 2.74. The second-order valence-corrected chi connectivity index (χ2v) is 3.39. The van der Waals surface area contributed by atoms with Crippen LogP contribution in [-0.2, 0) is 14.3 Å². The van der Waals surface area contributed by atoms with E-state index in [-0.39, 0.29) is 5.91 Å². The molecule has 0 bridgehead atoms. The summed E-state index contributed by atoms with van der Waals surface area (Å²) in [6.07, 6.45) is 1.84. The van der Waals surface area contributed by atoms with Gasteiger partial charge in [-0.25, -0.2) is 0 Å². The van der Waals surface area contributed by atoms with E-state index in [1.165, 1.54) is 0 Å². The molecule has 15 heavy (non-hydrogen) atoms. The van der Waals surface area contributed by atoms with Crippen molar-refractivity contribution in [2.45, 2.75) is 25.8 Å². The molecule has 5 heteroatoms. The average Bonchev–Trinajstić information content (AvgIpc) is 2.21. The number of rotatable bonds is 9. The van der Waals surface area contributed by atoms with Crippen molar-refractivity contribution in [2.24, 2.45) is 5.73 Å². The van der Waals surface area contributed by atoms with Crippen LogP contribution in [0.2, 0.25) is 0 Å². The third kappa shape index (κ3) is 9.65. The average molecular weight is 218 g/mol. The maximum absolute atomic E-state index is 11.0. The first kappa shape index (κ1) is 14.3. The van der Waals surface area contributed by atoms with Crippen molar-refractivity contribution >= 4 is 5.91 Å². The van der Waals surface area contributed by atoms with Gasteiger partial charge in [0.2, 0.25) is 5.91 Å². The zero-order chi connectivity index (χ0) is 11.5. The molecule has 3 N–H and O–H groups in total. The maximum Gasteiger partial charge on any atom is 0.236 e. The number of nitrogens with two attached hydrogens (primary N) is 1. The molecule has 5 nitrogen and oxygen atoms in total. The van der Waals surface area contributed by atoms with Crippen LogP contribution in [0, 0.1) is 0 Å². The van der Waals surface area contributed by atoms with Crippen molar-refractivity contribution in [2.75, 3.05) is 33.5 Å². The molecule has 0 saturated carbocycles. The fraction of sp³-hybridized carbons (Fsp3) is 0.900. The van der Waals surface area contributed by atoms with Crippen LogP contribution in [-0.4, -0.2) is 45.4 Å². The van der Waals surface area contributed by atoms with Crippen molar-refractivity contribution in [3.8, 4) is 0 Å². The van der Waals surface area contributed by atoms with Gasteiger partial charge in [-0.2, -0.15) is 0 Å². The van der Waals surface area contributed by atoms with Crippen LogP contribution in [0.1, 0.15) is 19.8 Å². The lowest BCUT2D eigenvalue weighted by Gasteiger charge is -2.07. The molecule has 0 spiro atoms. The van der Waals surface area contributed by atoms with Gasteiger partial charge in [-0.1, -0.05) is 0 Å². The van der Waals surface area contributed by atoms with Crippen molar-refractivity contribution in [3.63, 3.8) is 0 Å². The second-order valence-electron chi connectivity index (χ2n) is 3.39. The quantitative estimate of drug-likeness (QED) is 0.530. The summed E-state index contributed by atoms with van der Waals surface area (Å²) in [7, 11) is 1.65. The number of carbonyl (C=O) groups is 1. The fourth-order valence-electron chi connectivity index (χ4n) is 0.946. The van der Waals surface area contributed by atoms with Crippen LogP contribution in [0.15, 0.2) is 0 Å². The van der Waals surface area contributed by atoms with Gasteiger partial charge in [-0.3, -0.25) is 4.79 Å². The van der Waals surface area contributed by atoms with Gasteiger partial charge in [0.15, 0.2) is 0 Å². The summed E-state index contributed by atoms with van der Waals surface area (Å²) in [4.78, 5) is 11.0. The van der Waals surface area contributed by atoms with Gasteiger partial charge in [-0.15, -0.1) is 0 Å². The SMILES string of the molecule is COCCOCCCCNC(=O)[C@@H](C)N. The van der Waals surface area contributed by atoms with E-state index in [1.54, 1.807) is 14.0 Å². The Morgan fingerprint density at radius 2 is 2.07 bits per heavy atom. The third-order valence-electron chi connectivity index (χ3n) is 1.86. The number of hydrogen-bond donors (Lipinski definition) is 2. The Bertz CT molecular complexity index is 163. The van der Waals surface area contributed by atoms with Crippen molar-refractivity contribution in [1.82, 2.24) is 5.32 Å². The van der Waals surface area contributed by atoms with E-state index < -0.39 is 6.04 Å². The van der Waals surface area contributed by atoms with E-state index in [9.17, 15) is 4.79 Å². The number of amides is 1. The minimum Gasteiger partial charge on any atom is -0.382 e. The molecular weight excluding hydrogens is 196 g/mol. The summed E-state index contributed by atoms with van der Waals surface area (Å²) in [5.74, 6) is -0.102. The van der Waals surface area contributed by atoms with Gasteiger partial charge in [-0.05, 0) is 19.8 Å². The summed E-state index contributed by atoms with van der Waals surface area (Å²) >= 11 is 0. The van der Waals surface area contributed by atoms with E-state index in [1.807, 2.05) is 0 Å². The third-order valence-corrected chi connectivity index (χ3v) is 1.86. The van der Waals surface area contributed by atoms with Gasteiger partial charge in [0.25, 0.3) is 0 Å². The predicted molar refractivity (Wildman–Crippen MR) is 58.6 cm³/mol. The second kappa shape index (κ2) is 9.89. The van der Waals surface area contributed by atoms with Gasteiger partial charge in [0, 0.05) is 20.3 Å². The highest BCUT2D eigenvalue weighted by Gasteiger charge is 2.04. The first-order valence-corrected chi connectivity index (χ1v) is 5.28. The van der Waals surface area contributed by atoms with Crippen LogP contribution >= 0.6 is 0 Å². The number of methoxy groups -OCH3 is 1. The molecule has 1 atom stereocenters. The lowest BCUT2D eigenvalue weighted by Crippen LogP contribution is -2.38. The van der Waals surface area contributed by atoms with Gasteiger partial charge < -0.3 is 20.5 Å². The predicted octanol–water partition coefficient (Wildman–Crippen LogP) is -0.107. The highest BCUT2D eigenvalue weighted by molar-refractivity contribution is 5.80. The molecule has 0 aromatic carbocycles. The standard InChI is InChI=1S/C10H22N2O3/c1-9(11)10(13)12-5-3-4-6-15-8-7-14-2/h9H,3-8,11H2,1-2H3,(H,12,13)/t9-/m1/s1. The minimum atomic E-state index is -0.428. The molecule has 0 rings (SSSR count). The fourth-order valence-corrected chi connectivity index (χ4v) is 0.946. The Hall–Kier alpha value is -0.650. The number of nitrogens with one attached hydrogen (secondary N) is 1. The molecule has 0 fully saturated rings. The van der Waals surface area contributed by atoms with E-state index >= 15 is 0 Å². The van der Waals surface area contributed by atoms with Crippen LogP contribution in [0.4, 0.5) is 0 Å². The molecule has 0 saturated heterocycles. The van der Waals surface area contributed by atoms with Crippen molar-refractivity contribution in [3.05, 3.63) is 0 Å². The van der Waals surface area contributed by atoms with Crippen LogP contribution in [0.25, 0.3) is 0 Å². The topological polar surface area (TPSA) is 73.6 Å².